The molecule has 1 rings (SSSR count). The molecule has 104 valence electrons. The van der Waals surface area contributed by atoms with Crippen LogP contribution in [0.15, 0.2) is 18.2 Å². The summed E-state index contributed by atoms with van der Waals surface area (Å²) in [7, 11) is 0. The third kappa shape index (κ3) is 5.85. The van der Waals surface area contributed by atoms with Crippen molar-refractivity contribution in [2.45, 2.75) is 58.5 Å². The molecule has 0 aliphatic carbocycles. The molecule has 0 radical (unpaired) electrons. The molecule has 2 nitrogen and oxygen atoms in total. The summed E-state index contributed by atoms with van der Waals surface area (Å²) in [6.07, 6.45) is 5.85. The van der Waals surface area contributed by atoms with Gasteiger partial charge in [-0.2, -0.15) is 5.26 Å². The fourth-order valence-electron chi connectivity index (χ4n) is 2.23. The van der Waals surface area contributed by atoms with Gasteiger partial charge in [0.05, 0.1) is 11.6 Å². The monoisotopic (exact) mass is 262 g/mol. The lowest BCUT2D eigenvalue weighted by molar-refractivity contribution is 0.433. The predicted molar refractivity (Wildman–Crippen MR) is 76.2 cm³/mol. The van der Waals surface area contributed by atoms with Crippen molar-refractivity contribution in [3.63, 3.8) is 0 Å². The van der Waals surface area contributed by atoms with Crippen LogP contribution in [0.4, 0.5) is 4.39 Å². The van der Waals surface area contributed by atoms with Gasteiger partial charge in [0.25, 0.3) is 0 Å². The highest BCUT2D eigenvalue weighted by molar-refractivity contribution is 5.33. The van der Waals surface area contributed by atoms with Gasteiger partial charge in [-0.05, 0) is 36.6 Å². The molecule has 19 heavy (non-hydrogen) atoms. The molecule has 1 aromatic rings. The lowest BCUT2D eigenvalue weighted by Gasteiger charge is -2.18. The second kappa shape index (κ2) is 8.66. The number of benzene rings is 1. The van der Waals surface area contributed by atoms with Crippen molar-refractivity contribution in [1.29, 1.82) is 5.26 Å². The van der Waals surface area contributed by atoms with Gasteiger partial charge in [0.1, 0.15) is 5.82 Å². The zero-order chi connectivity index (χ0) is 14.1. The maximum absolute atomic E-state index is 13.3. The van der Waals surface area contributed by atoms with Gasteiger partial charge >= 0.3 is 0 Å². The normalized spacial score (nSPS) is 12.1. The van der Waals surface area contributed by atoms with E-state index in [4.69, 9.17) is 5.26 Å². The number of nitriles is 1. The molecule has 0 amide bonds. The number of nitrogens with zero attached hydrogens (tertiary/aromatic N) is 1. The average molecular weight is 262 g/mol. The molecule has 0 fully saturated rings. The topological polar surface area (TPSA) is 35.8 Å². The van der Waals surface area contributed by atoms with Crippen LogP contribution in [0.2, 0.25) is 0 Å². The van der Waals surface area contributed by atoms with E-state index in [-0.39, 0.29) is 5.82 Å². The minimum absolute atomic E-state index is 0.337. The standard InChI is InChI=1S/C16H23FN2/c1-3-5-7-16(6-4-2)19-12-14-8-13(11-18)9-15(17)10-14/h8-10,16,19H,3-7,12H2,1-2H3. The summed E-state index contributed by atoms with van der Waals surface area (Å²) in [5, 5.41) is 12.3. The van der Waals surface area contributed by atoms with Crippen LogP contribution >= 0.6 is 0 Å². The van der Waals surface area contributed by atoms with E-state index in [1.807, 2.05) is 6.07 Å². The Morgan fingerprint density at radius 2 is 2.00 bits per heavy atom. The van der Waals surface area contributed by atoms with E-state index in [2.05, 4.69) is 19.2 Å². The predicted octanol–water partition coefficient (Wildman–Crippen LogP) is 4.15. The van der Waals surface area contributed by atoms with Gasteiger partial charge in [-0.1, -0.05) is 33.1 Å². The van der Waals surface area contributed by atoms with Gasteiger partial charge in [0.2, 0.25) is 0 Å². The highest BCUT2D eigenvalue weighted by atomic mass is 19.1. The zero-order valence-corrected chi connectivity index (χ0v) is 11.9. The Kier molecular flexibility index (Phi) is 7.14. The molecule has 0 spiro atoms. The van der Waals surface area contributed by atoms with Crippen LogP contribution in [0.1, 0.15) is 57.1 Å². The summed E-state index contributed by atoms with van der Waals surface area (Å²) < 4.78 is 13.3. The molecule has 0 bridgehead atoms. The van der Waals surface area contributed by atoms with Crippen LogP contribution in [0, 0.1) is 17.1 Å². The maximum Gasteiger partial charge on any atom is 0.124 e. The molecular weight excluding hydrogens is 239 g/mol. The third-order valence-corrected chi connectivity index (χ3v) is 3.22. The summed E-state index contributed by atoms with van der Waals surface area (Å²) in [5.41, 5.74) is 1.23. The summed E-state index contributed by atoms with van der Waals surface area (Å²) in [6, 6.07) is 6.99. The molecule has 0 aliphatic heterocycles. The Hall–Kier alpha value is -1.40. The van der Waals surface area contributed by atoms with Gasteiger partial charge in [-0.3, -0.25) is 0 Å². The Morgan fingerprint density at radius 3 is 2.63 bits per heavy atom. The highest BCUT2D eigenvalue weighted by Gasteiger charge is 2.07. The fourth-order valence-corrected chi connectivity index (χ4v) is 2.23. The first-order valence-electron chi connectivity index (χ1n) is 7.12. The Labute approximate surface area is 115 Å². The van der Waals surface area contributed by atoms with Crippen molar-refractivity contribution in [1.82, 2.24) is 5.32 Å². The van der Waals surface area contributed by atoms with E-state index >= 15 is 0 Å². The van der Waals surface area contributed by atoms with Crippen LogP contribution in [0.5, 0.6) is 0 Å². The minimum atomic E-state index is -0.337. The van der Waals surface area contributed by atoms with Gasteiger partial charge in [-0.25, -0.2) is 4.39 Å². The van der Waals surface area contributed by atoms with Gasteiger partial charge < -0.3 is 5.32 Å². The Balaban J connectivity index is 2.58. The lowest BCUT2D eigenvalue weighted by Crippen LogP contribution is -2.28. The number of halogens is 1. The van der Waals surface area contributed by atoms with Gasteiger partial charge in [0, 0.05) is 12.6 Å². The van der Waals surface area contributed by atoms with Crippen LogP contribution in [0.3, 0.4) is 0 Å². The number of hydrogen-bond acceptors (Lipinski definition) is 2. The molecule has 0 aromatic heterocycles. The minimum Gasteiger partial charge on any atom is -0.310 e. The molecule has 1 unspecified atom stereocenters. The van der Waals surface area contributed by atoms with Crippen molar-refractivity contribution in [3.05, 3.63) is 35.1 Å². The first-order valence-corrected chi connectivity index (χ1v) is 7.12. The van der Waals surface area contributed by atoms with Gasteiger partial charge in [0.15, 0.2) is 0 Å². The third-order valence-electron chi connectivity index (χ3n) is 3.22. The van der Waals surface area contributed by atoms with Crippen LogP contribution < -0.4 is 5.32 Å². The Bertz CT molecular complexity index is 423. The smallest absolute Gasteiger partial charge is 0.124 e. The first-order chi connectivity index (χ1) is 9.19. The molecule has 3 heteroatoms. The van der Waals surface area contributed by atoms with Crippen molar-refractivity contribution >= 4 is 0 Å². The van der Waals surface area contributed by atoms with E-state index in [9.17, 15) is 4.39 Å². The van der Waals surface area contributed by atoms with E-state index in [0.29, 0.717) is 18.2 Å². The van der Waals surface area contributed by atoms with E-state index in [0.717, 1.165) is 24.8 Å². The van der Waals surface area contributed by atoms with Crippen molar-refractivity contribution in [2.24, 2.45) is 0 Å². The van der Waals surface area contributed by atoms with E-state index in [1.54, 1.807) is 6.07 Å². The molecule has 1 atom stereocenters. The first kappa shape index (κ1) is 15.7. The molecule has 1 N–H and O–H groups in total. The number of hydrogen-bond donors (Lipinski definition) is 1. The van der Waals surface area contributed by atoms with E-state index in [1.165, 1.54) is 25.0 Å². The maximum atomic E-state index is 13.3. The molecule has 0 heterocycles. The van der Waals surface area contributed by atoms with E-state index < -0.39 is 0 Å². The molecule has 0 saturated heterocycles. The van der Waals surface area contributed by atoms with Crippen LogP contribution in [0.25, 0.3) is 0 Å². The second-order valence-corrected chi connectivity index (χ2v) is 4.97. The molecule has 0 aliphatic rings. The molecular formula is C16H23FN2. The summed E-state index contributed by atoms with van der Waals surface area (Å²) in [6.45, 7) is 4.99. The lowest BCUT2D eigenvalue weighted by atomic mass is 10.0. The number of nitrogens with one attached hydrogen (secondary N) is 1. The van der Waals surface area contributed by atoms with Crippen LogP contribution in [-0.4, -0.2) is 6.04 Å². The Morgan fingerprint density at radius 1 is 1.21 bits per heavy atom. The molecule has 0 saturated carbocycles. The number of unbranched alkanes of at least 4 members (excludes halogenated alkanes) is 1. The van der Waals surface area contributed by atoms with Crippen molar-refractivity contribution < 1.29 is 4.39 Å². The quantitative estimate of drug-likeness (QED) is 0.764. The molecule has 1 aromatic carbocycles. The highest BCUT2D eigenvalue weighted by Crippen LogP contribution is 2.11. The summed E-state index contributed by atoms with van der Waals surface area (Å²) in [5.74, 6) is -0.337. The fraction of sp³-hybridized carbons (Fsp3) is 0.562. The average Bonchev–Trinajstić information content (AvgIpc) is 2.41. The zero-order valence-electron chi connectivity index (χ0n) is 11.9. The largest absolute Gasteiger partial charge is 0.310 e. The number of rotatable bonds is 8. The van der Waals surface area contributed by atoms with Crippen LogP contribution in [-0.2, 0) is 6.54 Å². The summed E-state index contributed by atoms with van der Waals surface area (Å²) in [4.78, 5) is 0. The van der Waals surface area contributed by atoms with Crippen molar-refractivity contribution in [3.8, 4) is 6.07 Å². The van der Waals surface area contributed by atoms with Crippen molar-refractivity contribution in [2.75, 3.05) is 0 Å². The second-order valence-electron chi connectivity index (χ2n) is 4.97. The van der Waals surface area contributed by atoms with Gasteiger partial charge in [-0.15, -0.1) is 0 Å². The summed E-state index contributed by atoms with van der Waals surface area (Å²) >= 11 is 0. The SMILES string of the molecule is CCCCC(CCC)NCc1cc(F)cc(C#N)c1.